The molecule has 1 aliphatic rings. The van der Waals surface area contributed by atoms with Gasteiger partial charge in [-0.3, -0.25) is 9.59 Å². The fraction of sp³-hybridized carbons (Fsp3) is 0.0417. The van der Waals surface area contributed by atoms with Crippen LogP contribution in [0.1, 0.15) is 32.0 Å². The zero-order valence-corrected chi connectivity index (χ0v) is 16.6. The van der Waals surface area contributed by atoms with Crippen LogP contribution in [0, 0.1) is 0 Å². The molecule has 0 atom stereocenters. The summed E-state index contributed by atoms with van der Waals surface area (Å²) in [5.74, 6) is 0.206. The Labute approximate surface area is 177 Å². The van der Waals surface area contributed by atoms with E-state index in [9.17, 15) is 9.59 Å². The van der Waals surface area contributed by atoms with E-state index in [0.29, 0.717) is 34.7 Å². The van der Waals surface area contributed by atoms with Crippen LogP contribution in [0.4, 0.5) is 5.69 Å². The first-order valence-electron chi connectivity index (χ1n) is 9.39. The lowest BCUT2D eigenvalue weighted by molar-refractivity contribution is 0.102. The van der Waals surface area contributed by atoms with E-state index in [4.69, 9.17) is 4.74 Å². The van der Waals surface area contributed by atoms with Crippen LogP contribution in [0.5, 0.6) is 5.75 Å². The number of rotatable bonds is 5. The van der Waals surface area contributed by atoms with Gasteiger partial charge in [0.15, 0.2) is 5.78 Å². The van der Waals surface area contributed by atoms with Gasteiger partial charge in [-0.1, -0.05) is 42.5 Å². The number of thiazole rings is 1. The summed E-state index contributed by atoms with van der Waals surface area (Å²) < 4.78 is 5.83. The van der Waals surface area contributed by atoms with Gasteiger partial charge in [-0.2, -0.15) is 0 Å². The van der Waals surface area contributed by atoms with Crippen LogP contribution in [-0.4, -0.2) is 16.7 Å². The van der Waals surface area contributed by atoms with E-state index < -0.39 is 0 Å². The molecular weight excluding hydrogens is 396 g/mol. The van der Waals surface area contributed by atoms with Crippen molar-refractivity contribution >= 4 is 28.7 Å². The molecule has 5 nitrogen and oxygen atoms in total. The number of nitrogens with zero attached hydrogens (tertiary/aromatic N) is 1. The quantitative estimate of drug-likeness (QED) is 0.432. The highest BCUT2D eigenvalue weighted by Crippen LogP contribution is 2.37. The van der Waals surface area contributed by atoms with Crippen molar-refractivity contribution in [2.75, 3.05) is 5.32 Å². The third-order valence-electron chi connectivity index (χ3n) is 4.98. The summed E-state index contributed by atoms with van der Waals surface area (Å²) in [5.41, 5.74) is 6.56. The van der Waals surface area contributed by atoms with E-state index in [-0.39, 0.29) is 11.7 Å². The molecule has 1 heterocycles. The van der Waals surface area contributed by atoms with Crippen molar-refractivity contribution in [2.45, 2.75) is 6.61 Å². The summed E-state index contributed by atoms with van der Waals surface area (Å²) in [6.45, 7) is 0.321. The standard InChI is InChI=1S/C24H16N2O3S/c27-23-19-6-2-1-5-17(19)18-10-9-15(11-20(18)23)24(28)26-21-7-3-4-8-22(21)29-12-16-13-30-14-25-16/h1-11,13-14H,12H2,(H,26,28). The Morgan fingerprint density at radius 2 is 1.70 bits per heavy atom. The predicted octanol–water partition coefficient (Wildman–Crippen LogP) is 5.19. The molecule has 1 amide bonds. The first-order chi connectivity index (χ1) is 14.7. The molecule has 0 unspecified atom stereocenters. The smallest absolute Gasteiger partial charge is 0.255 e. The van der Waals surface area contributed by atoms with Crippen LogP contribution < -0.4 is 10.1 Å². The molecule has 1 aromatic heterocycles. The molecule has 3 aromatic carbocycles. The van der Waals surface area contributed by atoms with E-state index in [1.807, 2.05) is 47.8 Å². The van der Waals surface area contributed by atoms with Gasteiger partial charge in [-0.25, -0.2) is 4.98 Å². The van der Waals surface area contributed by atoms with Gasteiger partial charge in [0, 0.05) is 22.1 Å². The van der Waals surface area contributed by atoms with Crippen LogP contribution in [0.3, 0.4) is 0 Å². The average Bonchev–Trinajstić information content (AvgIpc) is 3.40. The van der Waals surface area contributed by atoms with Gasteiger partial charge in [0.2, 0.25) is 0 Å². The number of benzene rings is 3. The summed E-state index contributed by atoms with van der Waals surface area (Å²) in [4.78, 5) is 29.8. The van der Waals surface area contributed by atoms with E-state index in [1.54, 1.807) is 29.8 Å². The van der Waals surface area contributed by atoms with Gasteiger partial charge < -0.3 is 10.1 Å². The van der Waals surface area contributed by atoms with Gasteiger partial charge in [-0.05, 0) is 35.4 Å². The lowest BCUT2D eigenvalue weighted by atomic mass is 10.0. The van der Waals surface area contributed by atoms with Crippen molar-refractivity contribution in [2.24, 2.45) is 0 Å². The molecule has 0 saturated heterocycles. The maximum Gasteiger partial charge on any atom is 0.255 e. The SMILES string of the molecule is O=C(Nc1ccccc1OCc1cscn1)c1ccc2c(c1)C(=O)c1ccccc1-2. The highest BCUT2D eigenvalue weighted by Gasteiger charge is 2.27. The molecule has 4 aromatic rings. The molecule has 30 heavy (non-hydrogen) atoms. The topological polar surface area (TPSA) is 68.3 Å². The minimum absolute atomic E-state index is 0.0535. The molecule has 6 heteroatoms. The number of carbonyl (C=O) groups is 2. The molecule has 5 rings (SSSR count). The monoisotopic (exact) mass is 412 g/mol. The molecule has 0 aliphatic heterocycles. The number of hydrogen-bond acceptors (Lipinski definition) is 5. The first kappa shape index (κ1) is 18.3. The summed E-state index contributed by atoms with van der Waals surface area (Å²) in [7, 11) is 0. The third-order valence-corrected chi connectivity index (χ3v) is 5.62. The number of carbonyl (C=O) groups excluding carboxylic acids is 2. The van der Waals surface area contributed by atoms with Crippen LogP contribution in [0.2, 0.25) is 0 Å². The second kappa shape index (κ2) is 7.57. The Morgan fingerprint density at radius 1 is 0.933 bits per heavy atom. The fourth-order valence-electron chi connectivity index (χ4n) is 3.52. The molecule has 0 bridgehead atoms. The molecule has 1 aliphatic carbocycles. The zero-order valence-electron chi connectivity index (χ0n) is 15.8. The van der Waals surface area contributed by atoms with Crippen LogP contribution in [-0.2, 0) is 6.61 Å². The highest BCUT2D eigenvalue weighted by molar-refractivity contribution is 7.07. The van der Waals surface area contributed by atoms with Gasteiger partial charge >= 0.3 is 0 Å². The largest absolute Gasteiger partial charge is 0.485 e. The van der Waals surface area contributed by atoms with Crippen molar-refractivity contribution < 1.29 is 14.3 Å². The normalized spacial score (nSPS) is 11.7. The summed E-state index contributed by atoms with van der Waals surface area (Å²) in [6, 6.07) is 20.0. The van der Waals surface area contributed by atoms with Crippen molar-refractivity contribution in [3.63, 3.8) is 0 Å². The van der Waals surface area contributed by atoms with E-state index in [2.05, 4.69) is 10.3 Å². The lowest BCUT2D eigenvalue weighted by Crippen LogP contribution is -2.13. The molecular formula is C24H16N2O3S. The number of aromatic nitrogens is 1. The van der Waals surface area contributed by atoms with Gasteiger partial charge in [0.25, 0.3) is 5.91 Å². The van der Waals surface area contributed by atoms with Gasteiger partial charge in [-0.15, -0.1) is 11.3 Å². The van der Waals surface area contributed by atoms with Crippen molar-refractivity contribution in [1.82, 2.24) is 4.98 Å². The van der Waals surface area contributed by atoms with Gasteiger partial charge in [0.05, 0.1) is 16.9 Å². The average molecular weight is 412 g/mol. The second-order valence-corrected chi connectivity index (χ2v) is 7.57. The highest BCUT2D eigenvalue weighted by atomic mass is 32.1. The summed E-state index contributed by atoms with van der Waals surface area (Å²) in [5, 5.41) is 4.81. The summed E-state index contributed by atoms with van der Waals surface area (Å²) >= 11 is 1.50. The third kappa shape index (κ3) is 3.27. The molecule has 0 saturated carbocycles. The number of amides is 1. The first-order valence-corrected chi connectivity index (χ1v) is 10.3. The Balaban J connectivity index is 1.38. The fourth-order valence-corrected chi connectivity index (χ4v) is 4.06. The molecule has 0 fully saturated rings. The lowest BCUT2D eigenvalue weighted by Gasteiger charge is -2.12. The predicted molar refractivity (Wildman–Crippen MR) is 116 cm³/mol. The second-order valence-electron chi connectivity index (χ2n) is 6.85. The van der Waals surface area contributed by atoms with Crippen LogP contribution >= 0.6 is 11.3 Å². The number of ether oxygens (including phenoxy) is 1. The van der Waals surface area contributed by atoms with E-state index in [0.717, 1.165) is 16.8 Å². The van der Waals surface area contributed by atoms with Gasteiger partial charge in [0.1, 0.15) is 12.4 Å². The van der Waals surface area contributed by atoms with Crippen molar-refractivity contribution in [3.05, 3.63) is 100 Å². The summed E-state index contributed by atoms with van der Waals surface area (Å²) in [6.07, 6.45) is 0. The number of ketones is 1. The maximum absolute atomic E-state index is 12.9. The van der Waals surface area contributed by atoms with Crippen LogP contribution in [0.25, 0.3) is 11.1 Å². The number of hydrogen-bond donors (Lipinski definition) is 1. The Hall–Kier alpha value is -3.77. The molecule has 0 radical (unpaired) electrons. The zero-order chi connectivity index (χ0) is 20.5. The Bertz CT molecular complexity index is 1270. The van der Waals surface area contributed by atoms with E-state index in [1.165, 1.54) is 11.3 Å². The van der Waals surface area contributed by atoms with E-state index >= 15 is 0 Å². The Kier molecular flexibility index (Phi) is 4.61. The minimum Gasteiger partial charge on any atom is -0.485 e. The number of nitrogens with one attached hydrogen (secondary N) is 1. The number of fused-ring (bicyclic) bond motifs is 3. The number of anilines is 1. The van der Waals surface area contributed by atoms with Crippen molar-refractivity contribution in [1.29, 1.82) is 0 Å². The molecule has 0 spiro atoms. The van der Waals surface area contributed by atoms with Crippen molar-refractivity contribution in [3.8, 4) is 16.9 Å². The minimum atomic E-state index is -0.300. The van der Waals surface area contributed by atoms with Crippen LogP contribution in [0.15, 0.2) is 77.6 Å². The number of para-hydroxylation sites is 2. The molecule has 1 N–H and O–H groups in total. The molecule has 146 valence electrons. The Morgan fingerprint density at radius 3 is 2.53 bits per heavy atom. The maximum atomic E-state index is 12.9.